The van der Waals surface area contributed by atoms with Gasteiger partial charge in [0.15, 0.2) is 0 Å². The van der Waals surface area contributed by atoms with Crippen LogP contribution in [0.25, 0.3) is 0 Å². The number of nitrogens with one attached hydrogen (secondary N) is 1. The summed E-state index contributed by atoms with van der Waals surface area (Å²) in [7, 11) is 0. The van der Waals surface area contributed by atoms with Gasteiger partial charge in [-0.25, -0.2) is 9.59 Å². The number of carbonyl (C=O) groups excluding carboxylic acids is 2. The fourth-order valence-corrected chi connectivity index (χ4v) is 2.20. The molecule has 1 saturated carbocycles. The third-order valence-electron chi connectivity index (χ3n) is 3.42. The Bertz CT molecular complexity index is 345. The first kappa shape index (κ1) is 15.5. The lowest BCUT2D eigenvalue weighted by atomic mass is 9.99. The van der Waals surface area contributed by atoms with E-state index < -0.39 is 12.1 Å². The highest BCUT2D eigenvalue weighted by molar-refractivity contribution is 5.86. The summed E-state index contributed by atoms with van der Waals surface area (Å²) in [5, 5.41) is 2.59. The Morgan fingerprint density at radius 1 is 1.32 bits per heavy atom. The zero-order valence-corrected chi connectivity index (χ0v) is 11.8. The number of ether oxygens (including phenoxy) is 2. The van der Waals surface area contributed by atoms with Crippen molar-refractivity contribution in [3.8, 4) is 0 Å². The highest BCUT2D eigenvalue weighted by Crippen LogP contribution is 2.35. The number of alkyl carbamates (subject to hydrolysis) is 1. The number of amides is 1. The Balaban J connectivity index is 2.21. The maximum Gasteiger partial charge on any atom is 0.407 e. The summed E-state index contributed by atoms with van der Waals surface area (Å²) in [5.74, 6) is -0.448. The van der Waals surface area contributed by atoms with Gasteiger partial charge in [0.25, 0.3) is 0 Å². The minimum Gasteiger partial charge on any atom is -0.460 e. The Kier molecular flexibility index (Phi) is 5.86. The van der Waals surface area contributed by atoms with E-state index in [1.807, 2.05) is 6.92 Å². The maximum absolute atomic E-state index is 11.7. The molecule has 1 fully saturated rings. The van der Waals surface area contributed by atoms with E-state index in [9.17, 15) is 9.59 Å². The molecule has 1 rings (SSSR count). The number of hydrogen-bond donors (Lipinski definition) is 1. The third kappa shape index (κ3) is 4.93. The van der Waals surface area contributed by atoms with Crippen molar-refractivity contribution in [3.05, 3.63) is 12.2 Å². The molecule has 0 aromatic heterocycles. The van der Waals surface area contributed by atoms with Crippen molar-refractivity contribution >= 4 is 12.1 Å². The molecule has 108 valence electrons. The van der Waals surface area contributed by atoms with Crippen LogP contribution in [0.2, 0.25) is 0 Å². The molecule has 1 amide bonds. The van der Waals surface area contributed by atoms with Gasteiger partial charge in [-0.3, -0.25) is 0 Å². The molecule has 0 spiro atoms. The first-order chi connectivity index (χ1) is 8.99. The highest BCUT2D eigenvalue weighted by atomic mass is 16.6. The van der Waals surface area contributed by atoms with E-state index in [4.69, 9.17) is 9.47 Å². The van der Waals surface area contributed by atoms with Gasteiger partial charge < -0.3 is 14.8 Å². The van der Waals surface area contributed by atoms with Gasteiger partial charge in [-0.2, -0.15) is 0 Å². The minimum absolute atomic E-state index is 0.125. The molecular formula is C14H23NO4. The van der Waals surface area contributed by atoms with Crippen LogP contribution in [0.15, 0.2) is 12.2 Å². The van der Waals surface area contributed by atoms with Crippen molar-refractivity contribution in [3.63, 3.8) is 0 Å². The van der Waals surface area contributed by atoms with E-state index in [-0.39, 0.29) is 18.8 Å². The molecule has 0 saturated heterocycles. The smallest absolute Gasteiger partial charge is 0.407 e. The largest absolute Gasteiger partial charge is 0.460 e. The second-order valence-corrected chi connectivity index (χ2v) is 4.98. The number of rotatable bonds is 6. The quantitative estimate of drug-likeness (QED) is 0.457. The Morgan fingerprint density at radius 2 is 1.95 bits per heavy atom. The molecule has 0 unspecified atom stereocenters. The van der Waals surface area contributed by atoms with Crippen LogP contribution < -0.4 is 5.32 Å². The normalized spacial score (nSPS) is 16.7. The van der Waals surface area contributed by atoms with E-state index in [0.29, 0.717) is 5.57 Å². The van der Waals surface area contributed by atoms with Crippen LogP contribution in [0.1, 0.15) is 46.0 Å². The number of esters is 1. The fourth-order valence-electron chi connectivity index (χ4n) is 2.20. The van der Waals surface area contributed by atoms with Gasteiger partial charge in [-0.1, -0.05) is 13.5 Å². The van der Waals surface area contributed by atoms with Crippen LogP contribution in [-0.2, 0) is 14.3 Å². The van der Waals surface area contributed by atoms with Crippen LogP contribution in [0.3, 0.4) is 0 Å². The molecule has 0 radical (unpaired) electrons. The predicted octanol–water partition coefficient (Wildman–Crippen LogP) is 2.55. The van der Waals surface area contributed by atoms with Crippen molar-refractivity contribution < 1.29 is 19.1 Å². The molecule has 0 atom stereocenters. The summed E-state index contributed by atoms with van der Waals surface area (Å²) in [6.07, 6.45) is 4.48. The lowest BCUT2D eigenvalue weighted by Gasteiger charge is -2.27. The van der Waals surface area contributed by atoms with Gasteiger partial charge in [0.05, 0.1) is 6.54 Å². The Labute approximate surface area is 114 Å². The monoisotopic (exact) mass is 269 g/mol. The summed E-state index contributed by atoms with van der Waals surface area (Å²) in [6, 6.07) is 0. The fraction of sp³-hybridized carbons (Fsp3) is 0.714. The van der Waals surface area contributed by atoms with E-state index in [1.54, 1.807) is 6.92 Å². The predicted molar refractivity (Wildman–Crippen MR) is 71.7 cm³/mol. The van der Waals surface area contributed by atoms with Gasteiger partial charge in [0, 0.05) is 5.57 Å². The lowest BCUT2D eigenvalue weighted by molar-refractivity contribution is -0.138. The van der Waals surface area contributed by atoms with E-state index in [0.717, 1.165) is 32.1 Å². The van der Waals surface area contributed by atoms with Gasteiger partial charge in [0.1, 0.15) is 12.2 Å². The highest BCUT2D eigenvalue weighted by Gasteiger charge is 2.35. The molecule has 0 bridgehead atoms. The number of carbonyl (C=O) groups is 2. The van der Waals surface area contributed by atoms with Crippen LogP contribution in [0.5, 0.6) is 0 Å². The molecule has 0 aromatic carbocycles. The van der Waals surface area contributed by atoms with Gasteiger partial charge in [0.2, 0.25) is 0 Å². The molecule has 0 aliphatic heterocycles. The first-order valence-corrected chi connectivity index (χ1v) is 6.78. The molecule has 0 aromatic rings. The SMILES string of the molecule is C=C(C)C(=O)OCCNC(=O)OC1(CC)CCCC1. The molecule has 1 aliphatic rings. The summed E-state index contributed by atoms with van der Waals surface area (Å²) in [5.41, 5.74) is 0.0526. The molecular weight excluding hydrogens is 246 g/mol. The summed E-state index contributed by atoms with van der Waals surface area (Å²) < 4.78 is 10.4. The second kappa shape index (κ2) is 7.16. The maximum atomic E-state index is 11.7. The average molecular weight is 269 g/mol. The topological polar surface area (TPSA) is 64.6 Å². The number of hydrogen-bond acceptors (Lipinski definition) is 4. The standard InChI is InChI=1S/C14H23NO4/c1-4-14(7-5-6-8-14)19-13(17)15-9-10-18-12(16)11(2)3/h2,4-10H2,1,3H3,(H,15,17). The lowest BCUT2D eigenvalue weighted by Crippen LogP contribution is -2.38. The van der Waals surface area contributed by atoms with Gasteiger partial charge in [-0.05, 0) is 39.0 Å². The minimum atomic E-state index is -0.448. The molecule has 19 heavy (non-hydrogen) atoms. The molecule has 0 heterocycles. The molecule has 1 N–H and O–H groups in total. The van der Waals surface area contributed by atoms with Crippen LogP contribution in [0, 0.1) is 0 Å². The van der Waals surface area contributed by atoms with E-state index in [2.05, 4.69) is 11.9 Å². The molecule has 5 nitrogen and oxygen atoms in total. The average Bonchev–Trinajstić information content (AvgIpc) is 2.83. The van der Waals surface area contributed by atoms with Crippen molar-refractivity contribution in [1.29, 1.82) is 0 Å². The summed E-state index contributed by atoms with van der Waals surface area (Å²) in [6.45, 7) is 7.46. The second-order valence-electron chi connectivity index (χ2n) is 4.98. The van der Waals surface area contributed by atoms with Crippen molar-refractivity contribution in [2.45, 2.75) is 51.6 Å². The van der Waals surface area contributed by atoms with E-state index >= 15 is 0 Å². The zero-order valence-electron chi connectivity index (χ0n) is 11.8. The molecule has 1 aliphatic carbocycles. The Morgan fingerprint density at radius 3 is 2.47 bits per heavy atom. The van der Waals surface area contributed by atoms with Crippen molar-refractivity contribution in [2.24, 2.45) is 0 Å². The Hall–Kier alpha value is -1.52. The van der Waals surface area contributed by atoms with Gasteiger partial charge in [-0.15, -0.1) is 0 Å². The summed E-state index contributed by atoms with van der Waals surface area (Å²) in [4.78, 5) is 22.7. The third-order valence-corrected chi connectivity index (χ3v) is 3.42. The van der Waals surface area contributed by atoms with Crippen LogP contribution in [-0.4, -0.2) is 30.8 Å². The van der Waals surface area contributed by atoms with Gasteiger partial charge >= 0.3 is 12.1 Å². The van der Waals surface area contributed by atoms with Crippen LogP contribution >= 0.6 is 0 Å². The zero-order chi connectivity index (χ0) is 14.3. The van der Waals surface area contributed by atoms with Crippen molar-refractivity contribution in [2.75, 3.05) is 13.2 Å². The first-order valence-electron chi connectivity index (χ1n) is 6.78. The summed E-state index contributed by atoms with van der Waals surface area (Å²) >= 11 is 0. The van der Waals surface area contributed by atoms with E-state index in [1.165, 1.54) is 0 Å². The van der Waals surface area contributed by atoms with Crippen LogP contribution in [0.4, 0.5) is 4.79 Å². The molecule has 5 heteroatoms. The van der Waals surface area contributed by atoms with Crippen molar-refractivity contribution in [1.82, 2.24) is 5.32 Å².